The van der Waals surface area contributed by atoms with Crippen molar-refractivity contribution in [2.75, 3.05) is 6.54 Å². The third-order valence-corrected chi connectivity index (χ3v) is 1.68. The predicted molar refractivity (Wildman–Crippen MR) is 45.0 cm³/mol. The molecule has 0 spiro atoms. The minimum Gasteiger partial charge on any atom is -0.326 e. The monoisotopic (exact) mass is 150 g/mol. The van der Waals surface area contributed by atoms with E-state index in [2.05, 4.69) is 4.99 Å². The summed E-state index contributed by atoms with van der Waals surface area (Å²) < 4.78 is 0. The zero-order chi connectivity index (χ0) is 6.97. The zero-order valence-electron chi connectivity index (χ0n) is 5.32. The van der Waals surface area contributed by atoms with Gasteiger partial charge in [0.1, 0.15) is 10.8 Å². The molecule has 0 fully saturated rings. The largest absolute Gasteiger partial charge is 0.326 e. The molecule has 0 unspecified atom stereocenters. The zero-order valence-corrected chi connectivity index (χ0v) is 6.14. The number of fused-ring (bicyclic) bond motifs is 1. The maximum absolute atomic E-state index is 4.94. The highest BCUT2D eigenvalue weighted by atomic mass is 32.1. The van der Waals surface area contributed by atoms with Crippen LogP contribution in [0.25, 0.3) is 0 Å². The maximum atomic E-state index is 4.94. The van der Waals surface area contributed by atoms with Crippen molar-refractivity contribution in [1.82, 2.24) is 4.90 Å². The molecule has 2 aliphatic heterocycles. The van der Waals surface area contributed by atoms with E-state index in [0.717, 1.165) is 17.4 Å². The number of hydrogen-bond donors (Lipinski definition) is 0. The highest BCUT2D eigenvalue weighted by molar-refractivity contribution is 7.80. The van der Waals surface area contributed by atoms with Gasteiger partial charge in [-0.05, 0) is 12.2 Å². The summed E-state index contributed by atoms with van der Waals surface area (Å²) in [7, 11) is 0. The van der Waals surface area contributed by atoms with E-state index in [0.29, 0.717) is 0 Å². The van der Waals surface area contributed by atoms with Gasteiger partial charge in [0.15, 0.2) is 0 Å². The van der Waals surface area contributed by atoms with Crippen LogP contribution in [0, 0.1) is 0 Å². The lowest BCUT2D eigenvalue weighted by Gasteiger charge is -2.13. The Labute approximate surface area is 64.6 Å². The first-order valence-corrected chi connectivity index (χ1v) is 3.50. The minimum atomic E-state index is 0.769. The van der Waals surface area contributed by atoms with Gasteiger partial charge < -0.3 is 4.90 Å². The molecule has 2 rings (SSSR count). The Morgan fingerprint density at radius 3 is 3.20 bits per heavy atom. The average molecular weight is 150 g/mol. The fraction of sp³-hybridized carbons (Fsp3) is 0.143. The third-order valence-electron chi connectivity index (χ3n) is 1.46. The Morgan fingerprint density at radius 2 is 2.40 bits per heavy atom. The first-order chi connectivity index (χ1) is 4.86. The second-order valence-electron chi connectivity index (χ2n) is 2.19. The summed E-state index contributed by atoms with van der Waals surface area (Å²) in [6, 6.07) is 0. The van der Waals surface area contributed by atoms with Crippen LogP contribution in [0.1, 0.15) is 0 Å². The fourth-order valence-corrected chi connectivity index (χ4v) is 1.24. The Balaban J connectivity index is 2.37. The first-order valence-electron chi connectivity index (χ1n) is 3.09. The molecule has 2 aliphatic rings. The van der Waals surface area contributed by atoms with Crippen LogP contribution in [0.15, 0.2) is 29.4 Å². The molecular weight excluding hydrogens is 144 g/mol. The Kier molecular flexibility index (Phi) is 1.17. The van der Waals surface area contributed by atoms with Crippen molar-refractivity contribution in [2.24, 2.45) is 4.99 Å². The molecule has 0 atom stereocenters. The van der Waals surface area contributed by atoms with E-state index in [-0.39, 0.29) is 0 Å². The van der Waals surface area contributed by atoms with Crippen LogP contribution in [-0.2, 0) is 0 Å². The van der Waals surface area contributed by atoms with Crippen LogP contribution in [-0.4, -0.2) is 22.3 Å². The van der Waals surface area contributed by atoms with Crippen LogP contribution >= 0.6 is 12.2 Å². The van der Waals surface area contributed by atoms with Crippen LogP contribution in [0.2, 0.25) is 0 Å². The highest BCUT2D eigenvalue weighted by Crippen LogP contribution is 2.09. The van der Waals surface area contributed by atoms with Crippen molar-refractivity contribution in [2.45, 2.75) is 0 Å². The SMILES string of the molecule is S=C1CN2C=CC=CC2=N1. The number of hydrogen-bond acceptors (Lipinski definition) is 2. The molecule has 0 saturated heterocycles. The van der Waals surface area contributed by atoms with Crippen LogP contribution in [0.3, 0.4) is 0 Å². The summed E-state index contributed by atoms with van der Waals surface area (Å²) >= 11 is 4.94. The standard InChI is InChI=1S/C7H6N2S/c10-7-5-9-4-2-1-3-6(9)8-7/h1-4H,5H2. The van der Waals surface area contributed by atoms with Crippen molar-refractivity contribution in [1.29, 1.82) is 0 Å². The van der Waals surface area contributed by atoms with E-state index in [1.807, 2.05) is 29.3 Å². The molecule has 0 amide bonds. The van der Waals surface area contributed by atoms with E-state index >= 15 is 0 Å². The Bertz CT molecular complexity index is 263. The maximum Gasteiger partial charge on any atom is 0.134 e. The molecule has 0 aliphatic carbocycles. The number of rotatable bonds is 0. The number of nitrogens with zero attached hydrogens (tertiary/aromatic N) is 2. The van der Waals surface area contributed by atoms with Gasteiger partial charge in [-0.25, -0.2) is 4.99 Å². The summed E-state index contributed by atoms with van der Waals surface area (Å²) in [5, 5.41) is 0. The van der Waals surface area contributed by atoms with Crippen LogP contribution in [0.4, 0.5) is 0 Å². The molecule has 0 bridgehead atoms. The quantitative estimate of drug-likeness (QED) is 0.481. The van der Waals surface area contributed by atoms with E-state index in [9.17, 15) is 0 Å². The van der Waals surface area contributed by atoms with Gasteiger partial charge in [-0.2, -0.15) is 0 Å². The van der Waals surface area contributed by atoms with E-state index in [1.165, 1.54) is 0 Å². The van der Waals surface area contributed by atoms with Crippen molar-refractivity contribution in [3.05, 3.63) is 24.4 Å². The molecule has 3 heteroatoms. The Hall–Kier alpha value is -0.960. The molecule has 0 aromatic rings. The molecule has 0 N–H and O–H groups in total. The molecule has 10 heavy (non-hydrogen) atoms. The smallest absolute Gasteiger partial charge is 0.134 e. The van der Waals surface area contributed by atoms with Crippen molar-refractivity contribution in [3.8, 4) is 0 Å². The van der Waals surface area contributed by atoms with E-state index in [1.54, 1.807) is 0 Å². The molecular formula is C7H6N2S. The van der Waals surface area contributed by atoms with Gasteiger partial charge in [0.25, 0.3) is 0 Å². The molecule has 0 aromatic heterocycles. The fourth-order valence-electron chi connectivity index (χ4n) is 1.01. The second kappa shape index (κ2) is 2.02. The summed E-state index contributed by atoms with van der Waals surface area (Å²) in [4.78, 5) is 6.95. The minimum absolute atomic E-state index is 0.769. The molecule has 0 aromatic carbocycles. The molecule has 2 nitrogen and oxygen atoms in total. The molecule has 50 valence electrons. The van der Waals surface area contributed by atoms with Crippen molar-refractivity contribution >= 4 is 23.0 Å². The highest BCUT2D eigenvalue weighted by Gasteiger charge is 2.16. The van der Waals surface area contributed by atoms with Crippen LogP contribution in [0.5, 0.6) is 0 Å². The number of aliphatic imine (C=N–C) groups is 1. The summed E-state index contributed by atoms with van der Waals surface area (Å²) in [5.74, 6) is 0.965. The van der Waals surface area contributed by atoms with Gasteiger partial charge in [-0.1, -0.05) is 18.3 Å². The van der Waals surface area contributed by atoms with Gasteiger partial charge in [0, 0.05) is 6.20 Å². The third kappa shape index (κ3) is 0.789. The predicted octanol–water partition coefficient (Wildman–Crippen LogP) is 1.11. The van der Waals surface area contributed by atoms with Gasteiger partial charge in [0.05, 0.1) is 6.54 Å². The van der Waals surface area contributed by atoms with Gasteiger partial charge in [0.2, 0.25) is 0 Å². The topological polar surface area (TPSA) is 15.6 Å². The summed E-state index contributed by atoms with van der Waals surface area (Å²) in [5.41, 5.74) is 0. The first kappa shape index (κ1) is 5.80. The number of allylic oxidation sites excluding steroid dienone is 2. The van der Waals surface area contributed by atoms with E-state index in [4.69, 9.17) is 12.2 Å². The normalized spacial score (nSPS) is 21.4. The lowest BCUT2D eigenvalue weighted by atomic mass is 10.3. The molecule has 0 saturated carbocycles. The van der Waals surface area contributed by atoms with Crippen LogP contribution < -0.4 is 0 Å². The molecule has 2 heterocycles. The molecule has 0 radical (unpaired) electrons. The second-order valence-corrected chi connectivity index (χ2v) is 2.66. The summed E-state index contributed by atoms with van der Waals surface area (Å²) in [6.07, 6.45) is 7.88. The van der Waals surface area contributed by atoms with Gasteiger partial charge >= 0.3 is 0 Å². The lowest BCUT2D eigenvalue weighted by Crippen LogP contribution is -2.21. The Morgan fingerprint density at radius 1 is 1.50 bits per heavy atom. The lowest BCUT2D eigenvalue weighted by molar-refractivity contribution is 0.664. The van der Waals surface area contributed by atoms with Crippen molar-refractivity contribution in [3.63, 3.8) is 0 Å². The van der Waals surface area contributed by atoms with Gasteiger partial charge in [-0.3, -0.25) is 0 Å². The number of thiocarbonyl (C=S) groups is 1. The summed E-state index contributed by atoms with van der Waals surface area (Å²) in [6.45, 7) is 0.769. The van der Waals surface area contributed by atoms with Crippen molar-refractivity contribution < 1.29 is 0 Å². The number of amidine groups is 1. The average Bonchev–Trinajstić information content (AvgIpc) is 2.27. The van der Waals surface area contributed by atoms with E-state index < -0.39 is 0 Å². The van der Waals surface area contributed by atoms with Gasteiger partial charge in [-0.15, -0.1) is 0 Å².